The standard InChI is InChI=1S/C20H27N3O2/c24-19(22-12-10-20(25)8-1-2-9-20)23(17-4-5-17)14-15-3-6-18-16(13-15)7-11-21-18/h3,6-7,11,13,17,21,25H,1-2,4-5,8-10,12,14H2,(H,22,24). The van der Waals surface area contributed by atoms with Gasteiger partial charge in [-0.05, 0) is 61.3 Å². The van der Waals surface area contributed by atoms with Gasteiger partial charge in [0.15, 0.2) is 0 Å². The largest absolute Gasteiger partial charge is 0.390 e. The Bertz CT molecular complexity index is 744. The van der Waals surface area contributed by atoms with Gasteiger partial charge >= 0.3 is 6.03 Å². The first-order valence-electron chi connectivity index (χ1n) is 9.46. The van der Waals surface area contributed by atoms with Crippen LogP contribution in [0.3, 0.4) is 0 Å². The van der Waals surface area contributed by atoms with Crippen molar-refractivity contribution in [2.45, 2.75) is 63.1 Å². The summed E-state index contributed by atoms with van der Waals surface area (Å²) in [5.74, 6) is 0. The highest BCUT2D eigenvalue weighted by atomic mass is 16.3. The zero-order chi connectivity index (χ0) is 17.3. The molecular formula is C20H27N3O2. The molecule has 0 aliphatic heterocycles. The smallest absolute Gasteiger partial charge is 0.317 e. The lowest BCUT2D eigenvalue weighted by molar-refractivity contribution is 0.0394. The molecule has 0 atom stereocenters. The Labute approximate surface area is 148 Å². The zero-order valence-corrected chi connectivity index (χ0v) is 14.6. The molecule has 2 aliphatic rings. The van der Waals surface area contributed by atoms with Crippen molar-refractivity contribution in [3.63, 3.8) is 0 Å². The summed E-state index contributed by atoms with van der Waals surface area (Å²) in [4.78, 5) is 17.8. The van der Waals surface area contributed by atoms with Crippen molar-refractivity contribution in [2.75, 3.05) is 6.54 Å². The quantitative estimate of drug-likeness (QED) is 0.752. The number of benzene rings is 1. The molecule has 2 amide bonds. The molecule has 0 radical (unpaired) electrons. The van der Waals surface area contributed by atoms with Crippen LogP contribution in [0.4, 0.5) is 4.79 Å². The third-order valence-electron chi connectivity index (χ3n) is 5.62. The van der Waals surface area contributed by atoms with Gasteiger partial charge in [-0.25, -0.2) is 4.79 Å². The van der Waals surface area contributed by atoms with E-state index in [1.165, 1.54) is 5.39 Å². The van der Waals surface area contributed by atoms with E-state index in [9.17, 15) is 9.90 Å². The van der Waals surface area contributed by atoms with Crippen LogP contribution in [0.1, 0.15) is 50.5 Å². The minimum absolute atomic E-state index is 0.00161. The fraction of sp³-hybridized carbons (Fsp3) is 0.550. The molecular weight excluding hydrogens is 314 g/mol. The van der Waals surface area contributed by atoms with Gasteiger partial charge in [0.2, 0.25) is 0 Å². The van der Waals surface area contributed by atoms with Gasteiger partial charge in [-0.3, -0.25) is 0 Å². The highest BCUT2D eigenvalue weighted by Gasteiger charge is 2.34. The topological polar surface area (TPSA) is 68.4 Å². The fourth-order valence-corrected chi connectivity index (χ4v) is 3.94. The number of nitrogens with one attached hydrogen (secondary N) is 2. The van der Waals surface area contributed by atoms with Gasteiger partial charge in [0.25, 0.3) is 0 Å². The van der Waals surface area contributed by atoms with Crippen LogP contribution < -0.4 is 5.32 Å². The Kier molecular flexibility index (Phi) is 4.42. The van der Waals surface area contributed by atoms with Gasteiger partial charge < -0.3 is 20.3 Å². The molecule has 3 N–H and O–H groups in total. The second-order valence-electron chi connectivity index (χ2n) is 7.67. The van der Waals surface area contributed by atoms with Crippen molar-refractivity contribution in [1.29, 1.82) is 0 Å². The van der Waals surface area contributed by atoms with Gasteiger partial charge in [-0.15, -0.1) is 0 Å². The number of fused-ring (bicyclic) bond motifs is 1. The molecule has 5 nitrogen and oxygen atoms in total. The van der Waals surface area contributed by atoms with E-state index < -0.39 is 5.60 Å². The number of rotatable bonds is 6. The van der Waals surface area contributed by atoms with Crippen molar-refractivity contribution in [2.24, 2.45) is 0 Å². The molecule has 25 heavy (non-hydrogen) atoms. The zero-order valence-electron chi connectivity index (χ0n) is 14.6. The summed E-state index contributed by atoms with van der Waals surface area (Å²) < 4.78 is 0. The van der Waals surface area contributed by atoms with Crippen molar-refractivity contribution in [3.05, 3.63) is 36.0 Å². The third-order valence-corrected chi connectivity index (χ3v) is 5.62. The van der Waals surface area contributed by atoms with Crippen LogP contribution in [-0.4, -0.2) is 39.2 Å². The lowest BCUT2D eigenvalue weighted by Gasteiger charge is -2.25. The van der Waals surface area contributed by atoms with E-state index in [4.69, 9.17) is 0 Å². The molecule has 0 spiro atoms. The first-order valence-corrected chi connectivity index (χ1v) is 9.46. The van der Waals surface area contributed by atoms with Gasteiger partial charge in [-0.1, -0.05) is 18.9 Å². The van der Waals surface area contributed by atoms with Crippen molar-refractivity contribution in [3.8, 4) is 0 Å². The summed E-state index contributed by atoms with van der Waals surface area (Å²) in [5, 5.41) is 14.6. The van der Waals surface area contributed by atoms with Crippen LogP contribution in [0.5, 0.6) is 0 Å². The Morgan fingerprint density at radius 3 is 2.84 bits per heavy atom. The Morgan fingerprint density at radius 1 is 1.28 bits per heavy atom. The third kappa shape index (κ3) is 3.82. The maximum atomic E-state index is 12.6. The lowest BCUT2D eigenvalue weighted by Crippen LogP contribution is -2.42. The predicted molar refractivity (Wildman–Crippen MR) is 98.3 cm³/mol. The van der Waals surface area contributed by atoms with E-state index in [2.05, 4.69) is 34.6 Å². The summed E-state index contributed by atoms with van der Waals surface area (Å²) in [7, 11) is 0. The number of aliphatic hydroxyl groups is 1. The fourth-order valence-electron chi connectivity index (χ4n) is 3.94. The number of hydrogen-bond acceptors (Lipinski definition) is 2. The first kappa shape index (κ1) is 16.5. The van der Waals surface area contributed by atoms with Crippen molar-refractivity contribution in [1.82, 2.24) is 15.2 Å². The average molecular weight is 341 g/mol. The molecule has 2 saturated carbocycles. The van der Waals surface area contributed by atoms with Crippen LogP contribution >= 0.6 is 0 Å². The normalized spacial score (nSPS) is 19.2. The predicted octanol–water partition coefficient (Wildman–Crippen LogP) is 3.54. The molecule has 134 valence electrons. The molecule has 2 aliphatic carbocycles. The molecule has 1 heterocycles. The molecule has 2 aromatic rings. The number of carbonyl (C=O) groups is 1. The molecule has 4 rings (SSSR count). The summed E-state index contributed by atoms with van der Waals surface area (Å²) in [6, 6.07) is 8.72. The Morgan fingerprint density at radius 2 is 2.08 bits per heavy atom. The van der Waals surface area contributed by atoms with Crippen molar-refractivity contribution >= 4 is 16.9 Å². The molecule has 0 unspecified atom stereocenters. The van der Waals surface area contributed by atoms with Crippen LogP contribution in [-0.2, 0) is 6.54 Å². The maximum Gasteiger partial charge on any atom is 0.317 e. The van der Waals surface area contributed by atoms with E-state index in [-0.39, 0.29) is 6.03 Å². The molecule has 1 aromatic heterocycles. The van der Waals surface area contributed by atoms with E-state index >= 15 is 0 Å². The van der Waals surface area contributed by atoms with Crippen LogP contribution in [0.2, 0.25) is 0 Å². The van der Waals surface area contributed by atoms with Gasteiger partial charge in [0, 0.05) is 30.8 Å². The average Bonchev–Trinajstić information content (AvgIpc) is 3.17. The summed E-state index contributed by atoms with van der Waals surface area (Å²) in [6.45, 7) is 1.19. The minimum Gasteiger partial charge on any atom is -0.390 e. The van der Waals surface area contributed by atoms with Gasteiger partial charge in [0.1, 0.15) is 0 Å². The summed E-state index contributed by atoms with van der Waals surface area (Å²) >= 11 is 0. The highest BCUT2D eigenvalue weighted by molar-refractivity contribution is 5.80. The monoisotopic (exact) mass is 341 g/mol. The van der Waals surface area contributed by atoms with Crippen LogP contribution in [0.15, 0.2) is 30.5 Å². The molecule has 0 bridgehead atoms. The van der Waals surface area contributed by atoms with Gasteiger partial charge in [-0.2, -0.15) is 0 Å². The SMILES string of the molecule is O=C(NCCC1(O)CCCC1)N(Cc1ccc2[nH]ccc2c1)C1CC1. The molecule has 5 heteroatoms. The number of aromatic amines is 1. The Balaban J connectivity index is 1.36. The van der Waals surface area contributed by atoms with Gasteiger partial charge in [0.05, 0.1) is 5.60 Å². The number of aromatic nitrogens is 1. The second-order valence-corrected chi connectivity index (χ2v) is 7.67. The number of urea groups is 1. The number of amides is 2. The maximum absolute atomic E-state index is 12.6. The van der Waals surface area contributed by atoms with E-state index in [1.807, 2.05) is 11.1 Å². The summed E-state index contributed by atoms with van der Waals surface area (Å²) in [5.41, 5.74) is 1.72. The number of hydrogen-bond donors (Lipinski definition) is 3. The minimum atomic E-state index is -0.559. The van der Waals surface area contributed by atoms with Crippen LogP contribution in [0.25, 0.3) is 10.9 Å². The number of carbonyl (C=O) groups excluding carboxylic acids is 1. The highest BCUT2D eigenvalue weighted by Crippen LogP contribution is 2.32. The lowest BCUT2D eigenvalue weighted by atomic mass is 9.98. The summed E-state index contributed by atoms with van der Waals surface area (Å²) in [6.07, 6.45) is 8.70. The number of nitrogens with zero attached hydrogens (tertiary/aromatic N) is 1. The van der Waals surface area contributed by atoms with E-state index in [0.29, 0.717) is 25.6 Å². The second kappa shape index (κ2) is 6.71. The molecule has 0 saturated heterocycles. The van der Waals surface area contributed by atoms with E-state index in [0.717, 1.165) is 49.6 Å². The molecule has 1 aromatic carbocycles. The van der Waals surface area contributed by atoms with Crippen LogP contribution in [0, 0.1) is 0 Å². The number of H-pyrrole nitrogens is 1. The first-order chi connectivity index (χ1) is 12.1. The van der Waals surface area contributed by atoms with Crippen molar-refractivity contribution < 1.29 is 9.90 Å². The Hall–Kier alpha value is -2.01. The molecule has 2 fully saturated rings. The van der Waals surface area contributed by atoms with E-state index in [1.54, 1.807) is 0 Å².